The topological polar surface area (TPSA) is 27.0 Å². The lowest BCUT2D eigenvalue weighted by Gasteiger charge is -2.34. The largest absolute Gasteiger partial charge is 0.416 e. The SMILES string of the molecule is CCN(CCCC(C#N)(c1ccc(C(F)(F)F)cc1)C1CCCC1)Cc1ccccc1. The molecule has 1 atom stereocenters. The number of alkyl halides is 3. The fourth-order valence-corrected chi connectivity index (χ4v) is 4.94. The maximum Gasteiger partial charge on any atom is 0.416 e. The zero-order chi connectivity index (χ0) is 22.3. The van der Waals surface area contributed by atoms with Crippen LogP contribution in [0.2, 0.25) is 0 Å². The number of nitrogens with zero attached hydrogens (tertiary/aromatic N) is 2. The monoisotopic (exact) mass is 428 g/mol. The smallest absolute Gasteiger partial charge is 0.299 e. The molecule has 166 valence electrons. The van der Waals surface area contributed by atoms with Crippen molar-refractivity contribution < 1.29 is 13.2 Å². The summed E-state index contributed by atoms with van der Waals surface area (Å²) >= 11 is 0. The summed E-state index contributed by atoms with van der Waals surface area (Å²) in [5.74, 6) is 0.207. The first kappa shape index (κ1) is 23.3. The fourth-order valence-electron chi connectivity index (χ4n) is 4.94. The van der Waals surface area contributed by atoms with Crippen LogP contribution in [0, 0.1) is 17.2 Å². The van der Waals surface area contributed by atoms with Gasteiger partial charge in [0.15, 0.2) is 0 Å². The molecule has 1 aliphatic rings. The summed E-state index contributed by atoms with van der Waals surface area (Å²) in [5, 5.41) is 10.3. The maximum atomic E-state index is 13.0. The van der Waals surface area contributed by atoms with Crippen molar-refractivity contribution in [3.63, 3.8) is 0 Å². The Morgan fingerprint density at radius 2 is 1.58 bits per heavy atom. The van der Waals surface area contributed by atoms with Gasteiger partial charge in [0.2, 0.25) is 0 Å². The van der Waals surface area contributed by atoms with Crippen LogP contribution >= 0.6 is 0 Å². The Bertz CT molecular complexity index is 849. The van der Waals surface area contributed by atoms with E-state index in [2.05, 4.69) is 30.0 Å². The van der Waals surface area contributed by atoms with Crippen molar-refractivity contribution in [3.05, 3.63) is 71.3 Å². The summed E-state index contributed by atoms with van der Waals surface area (Å²) in [5.41, 5.74) is 0.622. The highest BCUT2D eigenvalue weighted by molar-refractivity contribution is 5.37. The first-order chi connectivity index (χ1) is 14.9. The lowest BCUT2D eigenvalue weighted by atomic mass is 9.67. The molecule has 5 heteroatoms. The molecule has 1 fully saturated rings. The van der Waals surface area contributed by atoms with E-state index in [0.717, 1.165) is 69.4 Å². The van der Waals surface area contributed by atoms with Crippen LogP contribution in [0.1, 0.15) is 62.1 Å². The van der Waals surface area contributed by atoms with E-state index in [4.69, 9.17) is 0 Å². The van der Waals surface area contributed by atoms with Gasteiger partial charge in [-0.25, -0.2) is 0 Å². The second kappa shape index (κ2) is 10.3. The van der Waals surface area contributed by atoms with Crippen molar-refractivity contribution in [3.8, 4) is 6.07 Å². The Labute approximate surface area is 183 Å². The molecule has 0 spiro atoms. The van der Waals surface area contributed by atoms with Gasteiger partial charge in [-0.2, -0.15) is 18.4 Å². The van der Waals surface area contributed by atoms with Gasteiger partial charge < -0.3 is 0 Å². The first-order valence-electron chi connectivity index (χ1n) is 11.2. The molecule has 1 unspecified atom stereocenters. The molecule has 0 saturated heterocycles. The number of rotatable bonds is 9. The van der Waals surface area contributed by atoms with Crippen LogP contribution in [-0.2, 0) is 18.1 Å². The minimum Gasteiger partial charge on any atom is -0.299 e. The fraction of sp³-hybridized carbons (Fsp3) is 0.500. The standard InChI is InChI=1S/C26H31F3N2/c1-2-31(19-21-9-4-3-5-10-21)18-8-17-25(20-30,22-11-6-7-12-22)23-13-15-24(16-14-23)26(27,28)29/h3-5,9-10,13-16,22H,2,6-8,11-12,17-19H2,1H3. The zero-order valence-electron chi connectivity index (χ0n) is 18.2. The Hall–Kier alpha value is -2.32. The van der Waals surface area contributed by atoms with Gasteiger partial charge in [-0.15, -0.1) is 0 Å². The lowest BCUT2D eigenvalue weighted by molar-refractivity contribution is -0.137. The van der Waals surface area contributed by atoms with Crippen LogP contribution in [0.3, 0.4) is 0 Å². The average molecular weight is 429 g/mol. The van der Waals surface area contributed by atoms with Crippen molar-refractivity contribution in [1.29, 1.82) is 5.26 Å². The minimum atomic E-state index is -4.36. The van der Waals surface area contributed by atoms with Crippen LogP contribution < -0.4 is 0 Å². The molecule has 0 aromatic heterocycles. The van der Waals surface area contributed by atoms with Gasteiger partial charge in [-0.05, 0) is 68.0 Å². The van der Waals surface area contributed by atoms with Gasteiger partial charge in [0, 0.05) is 6.54 Å². The van der Waals surface area contributed by atoms with Crippen LogP contribution in [0.5, 0.6) is 0 Å². The number of hydrogen-bond donors (Lipinski definition) is 0. The summed E-state index contributed by atoms with van der Waals surface area (Å²) in [7, 11) is 0. The lowest BCUT2D eigenvalue weighted by Crippen LogP contribution is -2.34. The number of hydrogen-bond acceptors (Lipinski definition) is 2. The predicted molar refractivity (Wildman–Crippen MR) is 117 cm³/mol. The van der Waals surface area contributed by atoms with Crippen molar-refractivity contribution >= 4 is 0 Å². The summed E-state index contributed by atoms with van der Waals surface area (Å²) in [6.45, 7) is 4.77. The highest BCUT2D eigenvalue weighted by Crippen LogP contribution is 2.45. The quantitative estimate of drug-likeness (QED) is 0.432. The molecular formula is C26H31F3N2. The summed E-state index contributed by atoms with van der Waals surface area (Å²) < 4.78 is 39.1. The van der Waals surface area contributed by atoms with E-state index in [9.17, 15) is 18.4 Å². The molecule has 3 rings (SSSR count). The number of nitriles is 1. The van der Waals surface area contributed by atoms with Gasteiger partial charge in [-0.3, -0.25) is 4.90 Å². The molecule has 0 amide bonds. The average Bonchev–Trinajstić information content (AvgIpc) is 3.32. The first-order valence-corrected chi connectivity index (χ1v) is 11.2. The zero-order valence-corrected chi connectivity index (χ0v) is 18.2. The molecule has 0 bridgehead atoms. The van der Waals surface area contributed by atoms with Crippen molar-refractivity contribution in [2.24, 2.45) is 5.92 Å². The van der Waals surface area contributed by atoms with E-state index < -0.39 is 17.2 Å². The van der Waals surface area contributed by atoms with Crippen LogP contribution in [0.15, 0.2) is 54.6 Å². The molecule has 1 saturated carbocycles. The third kappa shape index (κ3) is 5.68. The Morgan fingerprint density at radius 3 is 2.13 bits per heavy atom. The van der Waals surface area contributed by atoms with E-state index in [1.165, 1.54) is 17.7 Å². The van der Waals surface area contributed by atoms with Crippen molar-refractivity contribution in [1.82, 2.24) is 4.90 Å². The van der Waals surface area contributed by atoms with Crippen LogP contribution in [0.25, 0.3) is 0 Å². The van der Waals surface area contributed by atoms with Gasteiger partial charge in [0.05, 0.1) is 17.0 Å². The molecule has 0 radical (unpaired) electrons. The third-order valence-electron chi connectivity index (χ3n) is 6.72. The van der Waals surface area contributed by atoms with E-state index >= 15 is 0 Å². The maximum absolute atomic E-state index is 13.0. The summed E-state index contributed by atoms with van der Waals surface area (Å²) in [4.78, 5) is 2.36. The highest BCUT2D eigenvalue weighted by atomic mass is 19.4. The van der Waals surface area contributed by atoms with E-state index in [0.29, 0.717) is 6.42 Å². The molecule has 0 N–H and O–H groups in total. The molecule has 1 aliphatic carbocycles. The summed E-state index contributed by atoms with van der Waals surface area (Å²) in [6, 6.07) is 18.2. The normalized spacial score (nSPS) is 16.9. The van der Waals surface area contributed by atoms with E-state index in [-0.39, 0.29) is 5.92 Å². The van der Waals surface area contributed by atoms with Crippen LogP contribution in [-0.4, -0.2) is 18.0 Å². The molecule has 0 heterocycles. The summed E-state index contributed by atoms with van der Waals surface area (Å²) in [6.07, 6.45) is 1.26. The van der Waals surface area contributed by atoms with Gasteiger partial charge in [-0.1, -0.05) is 62.2 Å². The predicted octanol–water partition coefficient (Wildman–Crippen LogP) is 6.96. The molecular weight excluding hydrogens is 397 g/mol. The number of benzene rings is 2. The van der Waals surface area contributed by atoms with Gasteiger partial charge in [0.1, 0.15) is 0 Å². The Morgan fingerprint density at radius 1 is 0.968 bits per heavy atom. The molecule has 2 nitrogen and oxygen atoms in total. The second-order valence-electron chi connectivity index (χ2n) is 8.60. The van der Waals surface area contributed by atoms with Gasteiger partial charge >= 0.3 is 6.18 Å². The van der Waals surface area contributed by atoms with E-state index in [1.54, 1.807) is 0 Å². The second-order valence-corrected chi connectivity index (χ2v) is 8.60. The molecule has 2 aromatic carbocycles. The third-order valence-corrected chi connectivity index (χ3v) is 6.72. The molecule has 2 aromatic rings. The van der Waals surface area contributed by atoms with Crippen molar-refractivity contribution in [2.45, 2.75) is 63.6 Å². The highest BCUT2D eigenvalue weighted by Gasteiger charge is 2.42. The van der Waals surface area contributed by atoms with Crippen LogP contribution in [0.4, 0.5) is 13.2 Å². The number of halogens is 3. The Balaban J connectivity index is 1.75. The molecule has 0 aliphatic heterocycles. The Kier molecular flexibility index (Phi) is 7.78. The molecule has 31 heavy (non-hydrogen) atoms. The minimum absolute atomic E-state index is 0.207. The van der Waals surface area contributed by atoms with Gasteiger partial charge in [0.25, 0.3) is 0 Å². The van der Waals surface area contributed by atoms with E-state index in [1.807, 2.05) is 18.2 Å². The van der Waals surface area contributed by atoms with Crippen molar-refractivity contribution in [2.75, 3.05) is 13.1 Å².